The summed E-state index contributed by atoms with van der Waals surface area (Å²) in [6.45, 7) is 3.05. The quantitative estimate of drug-likeness (QED) is 0.774. The lowest BCUT2D eigenvalue weighted by Crippen LogP contribution is -2.15. The van der Waals surface area contributed by atoms with E-state index in [2.05, 4.69) is 18.3 Å². The Balaban J connectivity index is 1.76. The Morgan fingerprint density at radius 1 is 1.50 bits per heavy atom. The lowest BCUT2D eigenvalue weighted by molar-refractivity contribution is 0.507. The first-order valence-corrected chi connectivity index (χ1v) is 5.37. The van der Waals surface area contributed by atoms with Crippen LogP contribution in [0.2, 0.25) is 0 Å². The molecular weight excluding hydrogens is 174 g/mol. The molecule has 1 aromatic rings. The number of furan rings is 1. The predicted octanol–water partition coefficient (Wildman–Crippen LogP) is 2.61. The van der Waals surface area contributed by atoms with Gasteiger partial charge in [-0.25, -0.2) is 0 Å². The van der Waals surface area contributed by atoms with Gasteiger partial charge in [-0.3, -0.25) is 0 Å². The first kappa shape index (κ1) is 9.53. The maximum Gasteiger partial charge on any atom is 0.126 e. The second-order valence-corrected chi connectivity index (χ2v) is 3.74. The molecule has 0 bridgehead atoms. The smallest absolute Gasteiger partial charge is 0.126 e. The fraction of sp³-hybridized carbons (Fsp3) is 0.500. The molecule has 14 heavy (non-hydrogen) atoms. The van der Waals surface area contributed by atoms with Gasteiger partial charge in [-0.2, -0.15) is 0 Å². The van der Waals surface area contributed by atoms with E-state index in [-0.39, 0.29) is 0 Å². The summed E-state index contributed by atoms with van der Waals surface area (Å²) >= 11 is 0. The van der Waals surface area contributed by atoms with E-state index in [1.807, 2.05) is 18.2 Å². The standard InChI is InChI=1S/C12H17NO/c1-2-11-7-8-12(14-11)4-3-9-13-10-5-6-10/h3-4,7-8,10,13H,2,5-6,9H2,1H3. The number of hydrogen-bond donors (Lipinski definition) is 1. The molecule has 76 valence electrons. The third-order valence-corrected chi connectivity index (χ3v) is 2.41. The summed E-state index contributed by atoms with van der Waals surface area (Å²) in [5.74, 6) is 2.01. The third-order valence-electron chi connectivity index (χ3n) is 2.41. The molecule has 1 aromatic heterocycles. The van der Waals surface area contributed by atoms with Crippen LogP contribution in [0.15, 0.2) is 22.6 Å². The van der Waals surface area contributed by atoms with Crippen molar-refractivity contribution in [1.29, 1.82) is 0 Å². The second kappa shape index (κ2) is 4.47. The Hall–Kier alpha value is -1.02. The van der Waals surface area contributed by atoms with E-state index >= 15 is 0 Å². The van der Waals surface area contributed by atoms with E-state index < -0.39 is 0 Å². The molecule has 0 atom stereocenters. The highest BCUT2D eigenvalue weighted by atomic mass is 16.3. The summed E-state index contributed by atoms with van der Waals surface area (Å²) in [5, 5.41) is 3.42. The molecule has 0 spiro atoms. The molecule has 1 aliphatic carbocycles. The van der Waals surface area contributed by atoms with Crippen LogP contribution in [0.5, 0.6) is 0 Å². The van der Waals surface area contributed by atoms with E-state index in [0.717, 1.165) is 30.5 Å². The van der Waals surface area contributed by atoms with Gasteiger partial charge >= 0.3 is 0 Å². The van der Waals surface area contributed by atoms with Crippen molar-refractivity contribution in [1.82, 2.24) is 5.32 Å². The lowest BCUT2D eigenvalue weighted by Gasteiger charge is -1.94. The van der Waals surface area contributed by atoms with Crippen molar-refractivity contribution in [2.45, 2.75) is 32.2 Å². The van der Waals surface area contributed by atoms with Gasteiger partial charge in [0.05, 0.1) is 0 Å². The van der Waals surface area contributed by atoms with E-state index in [1.165, 1.54) is 12.8 Å². The average Bonchev–Trinajstić information content (AvgIpc) is 2.91. The molecule has 0 aliphatic heterocycles. The van der Waals surface area contributed by atoms with Crippen molar-refractivity contribution >= 4 is 6.08 Å². The summed E-state index contributed by atoms with van der Waals surface area (Å²) in [7, 11) is 0. The molecule has 2 nitrogen and oxygen atoms in total. The van der Waals surface area contributed by atoms with Gasteiger partial charge in [-0.1, -0.05) is 13.0 Å². The molecule has 1 aliphatic rings. The molecule has 2 rings (SSSR count). The highest BCUT2D eigenvalue weighted by molar-refractivity contribution is 5.43. The summed E-state index contributed by atoms with van der Waals surface area (Å²) in [6, 6.07) is 4.84. The zero-order valence-electron chi connectivity index (χ0n) is 8.62. The van der Waals surface area contributed by atoms with Gasteiger partial charge in [-0.05, 0) is 31.1 Å². The molecule has 1 saturated carbocycles. The molecule has 0 radical (unpaired) electrons. The minimum absolute atomic E-state index is 0.780. The fourth-order valence-electron chi connectivity index (χ4n) is 1.37. The van der Waals surface area contributed by atoms with Crippen LogP contribution in [0.3, 0.4) is 0 Å². The summed E-state index contributed by atoms with van der Waals surface area (Å²) in [5.41, 5.74) is 0. The largest absolute Gasteiger partial charge is 0.462 e. The van der Waals surface area contributed by atoms with Crippen molar-refractivity contribution in [2.24, 2.45) is 0 Å². The Labute approximate surface area is 85.0 Å². The Kier molecular flexibility index (Phi) is 3.04. The van der Waals surface area contributed by atoms with Crippen molar-refractivity contribution in [3.8, 4) is 0 Å². The summed E-state index contributed by atoms with van der Waals surface area (Å²) < 4.78 is 5.54. The molecule has 1 heterocycles. The fourth-order valence-corrected chi connectivity index (χ4v) is 1.37. The average molecular weight is 191 g/mol. The molecular formula is C12H17NO. The molecule has 0 unspecified atom stereocenters. The number of rotatable bonds is 5. The van der Waals surface area contributed by atoms with Gasteiger partial charge in [-0.15, -0.1) is 0 Å². The van der Waals surface area contributed by atoms with Crippen LogP contribution in [0, 0.1) is 0 Å². The normalized spacial score (nSPS) is 16.6. The van der Waals surface area contributed by atoms with E-state index in [0.29, 0.717) is 0 Å². The molecule has 0 aromatic carbocycles. The van der Waals surface area contributed by atoms with Crippen LogP contribution in [-0.4, -0.2) is 12.6 Å². The molecule has 0 amide bonds. The van der Waals surface area contributed by atoms with Crippen LogP contribution < -0.4 is 5.32 Å². The van der Waals surface area contributed by atoms with Gasteiger partial charge in [0.1, 0.15) is 11.5 Å². The Morgan fingerprint density at radius 2 is 2.36 bits per heavy atom. The molecule has 2 heteroatoms. The van der Waals surface area contributed by atoms with Crippen LogP contribution in [0.1, 0.15) is 31.3 Å². The van der Waals surface area contributed by atoms with E-state index in [1.54, 1.807) is 0 Å². The summed E-state index contributed by atoms with van der Waals surface area (Å²) in [6.07, 6.45) is 7.81. The lowest BCUT2D eigenvalue weighted by atomic mass is 10.3. The highest BCUT2D eigenvalue weighted by Gasteiger charge is 2.18. The zero-order chi connectivity index (χ0) is 9.80. The van der Waals surface area contributed by atoms with Gasteiger partial charge in [0.25, 0.3) is 0 Å². The van der Waals surface area contributed by atoms with E-state index in [4.69, 9.17) is 4.42 Å². The third kappa shape index (κ3) is 2.74. The molecule has 1 N–H and O–H groups in total. The topological polar surface area (TPSA) is 25.2 Å². The minimum Gasteiger partial charge on any atom is -0.462 e. The zero-order valence-corrected chi connectivity index (χ0v) is 8.62. The Morgan fingerprint density at radius 3 is 3.00 bits per heavy atom. The van der Waals surface area contributed by atoms with Crippen molar-refractivity contribution in [3.63, 3.8) is 0 Å². The van der Waals surface area contributed by atoms with Gasteiger partial charge in [0.2, 0.25) is 0 Å². The Bertz CT molecular complexity index is 310. The second-order valence-electron chi connectivity index (χ2n) is 3.74. The van der Waals surface area contributed by atoms with Crippen molar-refractivity contribution < 1.29 is 4.42 Å². The van der Waals surface area contributed by atoms with Crippen LogP contribution in [0.4, 0.5) is 0 Å². The number of aryl methyl sites for hydroxylation is 1. The molecule has 1 fully saturated rings. The maximum atomic E-state index is 5.54. The number of nitrogens with one attached hydrogen (secondary N) is 1. The molecule has 0 saturated heterocycles. The van der Waals surface area contributed by atoms with Crippen molar-refractivity contribution in [2.75, 3.05) is 6.54 Å². The first-order valence-electron chi connectivity index (χ1n) is 5.37. The predicted molar refractivity (Wildman–Crippen MR) is 58.1 cm³/mol. The SMILES string of the molecule is CCc1ccc(C=CCNC2CC2)o1. The number of hydrogen-bond acceptors (Lipinski definition) is 2. The van der Waals surface area contributed by atoms with E-state index in [9.17, 15) is 0 Å². The highest BCUT2D eigenvalue weighted by Crippen LogP contribution is 2.18. The van der Waals surface area contributed by atoms with Crippen LogP contribution in [0.25, 0.3) is 6.08 Å². The van der Waals surface area contributed by atoms with Gasteiger partial charge in [0, 0.05) is 19.0 Å². The first-order chi connectivity index (χ1) is 6.88. The maximum absolute atomic E-state index is 5.54. The monoisotopic (exact) mass is 191 g/mol. The van der Waals surface area contributed by atoms with Crippen LogP contribution in [-0.2, 0) is 6.42 Å². The van der Waals surface area contributed by atoms with Crippen molar-refractivity contribution in [3.05, 3.63) is 29.7 Å². The van der Waals surface area contributed by atoms with Gasteiger partial charge in [0.15, 0.2) is 0 Å². The van der Waals surface area contributed by atoms with Gasteiger partial charge < -0.3 is 9.73 Å². The minimum atomic E-state index is 0.780. The van der Waals surface area contributed by atoms with Crippen LogP contribution >= 0.6 is 0 Å². The summed E-state index contributed by atoms with van der Waals surface area (Å²) in [4.78, 5) is 0.